The van der Waals surface area contributed by atoms with E-state index >= 15 is 0 Å². The average molecular weight is 140 g/mol. The molecule has 0 atom stereocenters. The molecular formula is C6H12N4. The summed E-state index contributed by atoms with van der Waals surface area (Å²) >= 11 is 0. The van der Waals surface area contributed by atoms with Crippen molar-refractivity contribution < 1.29 is 0 Å². The van der Waals surface area contributed by atoms with Gasteiger partial charge in [0.1, 0.15) is 0 Å². The van der Waals surface area contributed by atoms with Gasteiger partial charge in [-0.15, -0.1) is 5.10 Å². The molecule has 0 saturated heterocycles. The standard InChI is InChI=1S/C6H12N4/c1-6(2,5-7)10-4-3-8-9-10/h3-4H,5,7H2,1-2H3. The van der Waals surface area contributed by atoms with Crippen LogP contribution in [-0.4, -0.2) is 21.5 Å². The molecule has 0 aliphatic heterocycles. The highest BCUT2D eigenvalue weighted by Gasteiger charge is 2.17. The molecule has 0 aliphatic rings. The monoisotopic (exact) mass is 140 g/mol. The predicted octanol–water partition coefficient (Wildman–Crippen LogP) is -0.0281. The molecular weight excluding hydrogens is 128 g/mol. The summed E-state index contributed by atoms with van der Waals surface area (Å²) in [5.41, 5.74) is 5.39. The first-order chi connectivity index (χ1) is 4.67. The number of hydrogen-bond acceptors (Lipinski definition) is 3. The third-order valence-corrected chi connectivity index (χ3v) is 1.54. The second kappa shape index (κ2) is 2.38. The van der Waals surface area contributed by atoms with Gasteiger partial charge in [0.15, 0.2) is 0 Å². The summed E-state index contributed by atoms with van der Waals surface area (Å²) in [6.45, 7) is 4.60. The Morgan fingerprint density at radius 1 is 1.60 bits per heavy atom. The third-order valence-electron chi connectivity index (χ3n) is 1.54. The molecule has 1 aromatic rings. The van der Waals surface area contributed by atoms with Crippen LogP contribution in [0.25, 0.3) is 0 Å². The summed E-state index contributed by atoms with van der Waals surface area (Å²) in [5.74, 6) is 0. The van der Waals surface area contributed by atoms with Crippen LogP contribution < -0.4 is 5.73 Å². The summed E-state index contributed by atoms with van der Waals surface area (Å²) in [5, 5.41) is 7.54. The van der Waals surface area contributed by atoms with Crippen LogP contribution in [0, 0.1) is 0 Å². The fraction of sp³-hybridized carbons (Fsp3) is 0.667. The maximum absolute atomic E-state index is 5.51. The lowest BCUT2D eigenvalue weighted by Crippen LogP contribution is -2.35. The summed E-state index contributed by atoms with van der Waals surface area (Å²) in [6, 6.07) is 0. The van der Waals surface area contributed by atoms with Gasteiger partial charge in [-0.25, -0.2) is 4.68 Å². The zero-order chi connectivity index (χ0) is 7.61. The number of hydrogen-bond donors (Lipinski definition) is 1. The number of nitrogens with two attached hydrogens (primary N) is 1. The molecule has 0 aromatic carbocycles. The van der Waals surface area contributed by atoms with Crippen LogP contribution in [-0.2, 0) is 5.54 Å². The Balaban J connectivity index is 2.85. The molecule has 1 rings (SSSR count). The molecule has 56 valence electrons. The van der Waals surface area contributed by atoms with E-state index in [9.17, 15) is 0 Å². The van der Waals surface area contributed by atoms with Gasteiger partial charge in [0, 0.05) is 12.7 Å². The van der Waals surface area contributed by atoms with Gasteiger partial charge in [-0.05, 0) is 13.8 Å². The van der Waals surface area contributed by atoms with Crippen LogP contribution in [0.3, 0.4) is 0 Å². The van der Waals surface area contributed by atoms with Gasteiger partial charge in [-0.2, -0.15) is 0 Å². The number of aromatic nitrogens is 3. The highest BCUT2D eigenvalue weighted by molar-refractivity contribution is 4.79. The van der Waals surface area contributed by atoms with E-state index in [1.807, 2.05) is 20.0 Å². The molecule has 1 heterocycles. The van der Waals surface area contributed by atoms with Crippen molar-refractivity contribution >= 4 is 0 Å². The Morgan fingerprint density at radius 2 is 2.30 bits per heavy atom. The lowest BCUT2D eigenvalue weighted by atomic mass is 10.1. The normalized spacial score (nSPS) is 11.9. The van der Waals surface area contributed by atoms with E-state index in [0.29, 0.717) is 6.54 Å². The van der Waals surface area contributed by atoms with Crippen LogP contribution in [0.1, 0.15) is 13.8 Å². The summed E-state index contributed by atoms with van der Waals surface area (Å²) in [6.07, 6.45) is 3.46. The largest absolute Gasteiger partial charge is 0.328 e. The van der Waals surface area contributed by atoms with Gasteiger partial charge in [0.2, 0.25) is 0 Å². The van der Waals surface area contributed by atoms with Gasteiger partial charge >= 0.3 is 0 Å². The Labute approximate surface area is 60.0 Å². The predicted molar refractivity (Wildman–Crippen MR) is 38.4 cm³/mol. The second-order valence-corrected chi connectivity index (χ2v) is 2.86. The maximum Gasteiger partial charge on any atom is 0.0710 e. The van der Waals surface area contributed by atoms with Crippen molar-refractivity contribution in [3.05, 3.63) is 12.4 Å². The molecule has 0 fully saturated rings. The van der Waals surface area contributed by atoms with Crippen molar-refractivity contribution in [2.45, 2.75) is 19.4 Å². The van der Waals surface area contributed by atoms with Gasteiger partial charge in [-0.3, -0.25) is 0 Å². The van der Waals surface area contributed by atoms with Crippen LogP contribution >= 0.6 is 0 Å². The van der Waals surface area contributed by atoms with E-state index in [2.05, 4.69) is 10.3 Å². The van der Waals surface area contributed by atoms with Crippen LogP contribution in [0.4, 0.5) is 0 Å². The van der Waals surface area contributed by atoms with E-state index < -0.39 is 0 Å². The lowest BCUT2D eigenvalue weighted by Gasteiger charge is -2.21. The quantitative estimate of drug-likeness (QED) is 0.627. The Kier molecular flexibility index (Phi) is 1.72. The first-order valence-electron chi connectivity index (χ1n) is 3.24. The minimum Gasteiger partial charge on any atom is -0.328 e. The fourth-order valence-corrected chi connectivity index (χ4v) is 0.625. The molecule has 0 radical (unpaired) electrons. The Morgan fingerprint density at radius 3 is 2.70 bits per heavy atom. The second-order valence-electron chi connectivity index (χ2n) is 2.86. The first-order valence-corrected chi connectivity index (χ1v) is 3.24. The van der Waals surface area contributed by atoms with Crippen molar-refractivity contribution in [1.29, 1.82) is 0 Å². The fourth-order valence-electron chi connectivity index (χ4n) is 0.625. The Bertz CT molecular complexity index is 190. The summed E-state index contributed by atoms with van der Waals surface area (Å²) in [7, 11) is 0. The van der Waals surface area contributed by atoms with Gasteiger partial charge < -0.3 is 5.73 Å². The molecule has 0 saturated carbocycles. The number of rotatable bonds is 2. The zero-order valence-corrected chi connectivity index (χ0v) is 6.28. The first kappa shape index (κ1) is 7.21. The molecule has 4 heteroatoms. The van der Waals surface area contributed by atoms with Crippen molar-refractivity contribution in [3.63, 3.8) is 0 Å². The topological polar surface area (TPSA) is 56.7 Å². The molecule has 0 aliphatic carbocycles. The van der Waals surface area contributed by atoms with Crippen LogP contribution in [0.5, 0.6) is 0 Å². The molecule has 0 amide bonds. The van der Waals surface area contributed by atoms with Crippen molar-refractivity contribution in [3.8, 4) is 0 Å². The zero-order valence-electron chi connectivity index (χ0n) is 6.28. The van der Waals surface area contributed by atoms with E-state index in [1.54, 1.807) is 10.9 Å². The minimum absolute atomic E-state index is 0.115. The molecule has 10 heavy (non-hydrogen) atoms. The highest BCUT2D eigenvalue weighted by Crippen LogP contribution is 2.08. The van der Waals surface area contributed by atoms with Crippen molar-refractivity contribution in [2.24, 2.45) is 5.73 Å². The summed E-state index contributed by atoms with van der Waals surface area (Å²) < 4.78 is 1.76. The van der Waals surface area contributed by atoms with Crippen LogP contribution in [0.2, 0.25) is 0 Å². The highest BCUT2D eigenvalue weighted by atomic mass is 15.4. The van der Waals surface area contributed by atoms with E-state index in [4.69, 9.17) is 5.73 Å². The van der Waals surface area contributed by atoms with E-state index in [1.165, 1.54) is 0 Å². The molecule has 0 bridgehead atoms. The van der Waals surface area contributed by atoms with Gasteiger partial charge in [-0.1, -0.05) is 5.21 Å². The SMILES string of the molecule is CC(C)(CN)n1ccnn1. The molecule has 2 N–H and O–H groups in total. The summed E-state index contributed by atoms with van der Waals surface area (Å²) in [4.78, 5) is 0. The third kappa shape index (κ3) is 1.16. The molecule has 0 unspecified atom stereocenters. The van der Waals surface area contributed by atoms with E-state index in [0.717, 1.165) is 0 Å². The molecule has 4 nitrogen and oxygen atoms in total. The van der Waals surface area contributed by atoms with Gasteiger partial charge in [0.05, 0.1) is 11.7 Å². The lowest BCUT2D eigenvalue weighted by molar-refractivity contribution is 0.322. The molecule has 1 aromatic heterocycles. The van der Waals surface area contributed by atoms with Crippen molar-refractivity contribution in [2.75, 3.05) is 6.54 Å². The van der Waals surface area contributed by atoms with E-state index in [-0.39, 0.29) is 5.54 Å². The smallest absolute Gasteiger partial charge is 0.0710 e. The van der Waals surface area contributed by atoms with Crippen molar-refractivity contribution in [1.82, 2.24) is 15.0 Å². The number of nitrogens with zero attached hydrogens (tertiary/aromatic N) is 3. The Hall–Kier alpha value is -0.900. The molecule has 0 spiro atoms. The maximum atomic E-state index is 5.51. The van der Waals surface area contributed by atoms with Crippen LogP contribution in [0.15, 0.2) is 12.4 Å². The van der Waals surface area contributed by atoms with Gasteiger partial charge in [0.25, 0.3) is 0 Å². The minimum atomic E-state index is -0.115. The average Bonchev–Trinajstić information content (AvgIpc) is 2.38.